The van der Waals surface area contributed by atoms with Crippen LogP contribution in [0.2, 0.25) is 0 Å². The fourth-order valence-electron chi connectivity index (χ4n) is 1.92. The van der Waals surface area contributed by atoms with Crippen LogP contribution in [0.15, 0.2) is 12.4 Å². The van der Waals surface area contributed by atoms with Crippen molar-refractivity contribution in [1.29, 1.82) is 0 Å². The number of halogens is 4. The molecule has 0 saturated carbocycles. The predicted octanol–water partition coefficient (Wildman–Crippen LogP) is 1.08. The highest BCUT2D eigenvalue weighted by atomic mass is 19.4. The highest BCUT2D eigenvalue weighted by molar-refractivity contribution is 5.82. The van der Waals surface area contributed by atoms with E-state index in [1.807, 2.05) is 0 Å². The number of imidazole rings is 1. The standard InChI is InChI=1S/C10H11F4N3O/c1-16-3-2-15-7(16)4-9(11)5-17(6-9)8(18)10(12,13)14/h2-3H,4-6H2,1H3. The minimum absolute atomic E-state index is 0.0991. The van der Waals surface area contributed by atoms with Gasteiger partial charge in [0.15, 0.2) is 5.67 Å². The lowest BCUT2D eigenvalue weighted by Crippen LogP contribution is -2.64. The van der Waals surface area contributed by atoms with Gasteiger partial charge in [-0.1, -0.05) is 0 Å². The van der Waals surface area contributed by atoms with Crippen LogP contribution in [-0.4, -0.2) is 45.3 Å². The van der Waals surface area contributed by atoms with Gasteiger partial charge in [-0.2, -0.15) is 13.2 Å². The van der Waals surface area contributed by atoms with Gasteiger partial charge in [-0.05, 0) is 0 Å². The molecule has 0 unspecified atom stereocenters. The van der Waals surface area contributed by atoms with E-state index in [-0.39, 0.29) is 6.42 Å². The Balaban J connectivity index is 1.95. The van der Waals surface area contributed by atoms with Crippen LogP contribution in [0.25, 0.3) is 0 Å². The van der Waals surface area contributed by atoms with Gasteiger partial charge >= 0.3 is 12.1 Å². The molecule has 2 heterocycles. The number of hydrogen-bond acceptors (Lipinski definition) is 2. The van der Waals surface area contributed by atoms with Gasteiger partial charge in [-0.3, -0.25) is 4.79 Å². The van der Waals surface area contributed by atoms with E-state index in [4.69, 9.17) is 0 Å². The molecule has 4 nitrogen and oxygen atoms in total. The Kier molecular flexibility index (Phi) is 2.83. The summed E-state index contributed by atoms with van der Waals surface area (Å²) in [4.78, 5) is 15.2. The largest absolute Gasteiger partial charge is 0.471 e. The Hall–Kier alpha value is -1.60. The first-order valence-electron chi connectivity index (χ1n) is 5.22. The van der Waals surface area contributed by atoms with Crippen molar-refractivity contribution >= 4 is 5.91 Å². The second kappa shape index (κ2) is 3.96. The summed E-state index contributed by atoms with van der Waals surface area (Å²) in [6.45, 7) is -1.09. The Bertz CT molecular complexity index is 462. The van der Waals surface area contributed by atoms with Crippen LogP contribution in [0.4, 0.5) is 17.6 Å². The van der Waals surface area contributed by atoms with E-state index in [1.54, 1.807) is 17.8 Å². The molecule has 0 spiro atoms. The average molecular weight is 265 g/mol. The summed E-state index contributed by atoms with van der Waals surface area (Å²) >= 11 is 0. The molecule has 0 atom stereocenters. The lowest BCUT2D eigenvalue weighted by atomic mass is 9.92. The Morgan fingerprint density at radius 1 is 1.50 bits per heavy atom. The number of rotatable bonds is 2. The van der Waals surface area contributed by atoms with Crippen LogP contribution in [0.1, 0.15) is 5.82 Å². The molecule has 1 aromatic heterocycles. The van der Waals surface area contributed by atoms with E-state index in [1.165, 1.54) is 6.20 Å². The van der Waals surface area contributed by atoms with Gasteiger partial charge in [0.1, 0.15) is 5.82 Å². The van der Waals surface area contributed by atoms with Crippen molar-refractivity contribution in [2.75, 3.05) is 13.1 Å². The zero-order valence-corrected chi connectivity index (χ0v) is 9.54. The molecule has 1 fully saturated rings. The minimum Gasteiger partial charge on any atom is -0.338 e. The van der Waals surface area contributed by atoms with Crippen LogP contribution in [0.3, 0.4) is 0 Å². The molecule has 0 bridgehead atoms. The summed E-state index contributed by atoms with van der Waals surface area (Å²) in [7, 11) is 1.67. The molecule has 1 aliphatic rings. The first-order chi connectivity index (χ1) is 8.21. The van der Waals surface area contributed by atoms with Crippen LogP contribution < -0.4 is 0 Å². The maximum absolute atomic E-state index is 14.0. The van der Waals surface area contributed by atoms with Crippen LogP contribution >= 0.6 is 0 Å². The number of aryl methyl sites for hydroxylation is 1. The highest BCUT2D eigenvalue weighted by Crippen LogP contribution is 2.32. The monoisotopic (exact) mass is 265 g/mol. The smallest absolute Gasteiger partial charge is 0.338 e. The highest BCUT2D eigenvalue weighted by Gasteiger charge is 2.53. The summed E-state index contributed by atoms with van der Waals surface area (Å²) in [6.07, 6.45) is -1.94. The van der Waals surface area contributed by atoms with E-state index >= 15 is 0 Å². The van der Waals surface area contributed by atoms with Crippen molar-refractivity contribution in [1.82, 2.24) is 14.5 Å². The summed E-state index contributed by atoms with van der Waals surface area (Å²) < 4.78 is 51.9. The quantitative estimate of drug-likeness (QED) is 0.750. The van der Waals surface area contributed by atoms with E-state index in [2.05, 4.69) is 4.98 Å². The molecule has 1 saturated heterocycles. The second-order valence-corrected chi connectivity index (χ2v) is 4.44. The first kappa shape index (κ1) is 12.8. The van der Waals surface area contributed by atoms with E-state index in [9.17, 15) is 22.4 Å². The fraction of sp³-hybridized carbons (Fsp3) is 0.600. The Morgan fingerprint density at radius 3 is 2.56 bits per heavy atom. The number of carbonyl (C=O) groups excluding carboxylic acids is 1. The third-order valence-corrected chi connectivity index (χ3v) is 2.87. The van der Waals surface area contributed by atoms with Gasteiger partial charge in [0.25, 0.3) is 0 Å². The lowest BCUT2D eigenvalue weighted by molar-refractivity contribution is -0.197. The second-order valence-electron chi connectivity index (χ2n) is 4.44. The number of likely N-dealkylation sites (tertiary alicyclic amines) is 1. The maximum atomic E-state index is 14.0. The van der Waals surface area contributed by atoms with Crippen LogP contribution in [0, 0.1) is 0 Å². The molecule has 18 heavy (non-hydrogen) atoms. The summed E-state index contributed by atoms with van der Waals surface area (Å²) in [6, 6.07) is 0. The molecular formula is C10H11F4N3O. The molecule has 0 aliphatic carbocycles. The first-order valence-corrected chi connectivity index (χ1v) is 5.22. The van der Waals surface area contributed by atoms with Crippen molar-refractivity contribution in [3.05, 3.63) is 18.2 Å². The fourth-order valence-corrected chi connectivity index (χ4v) is 1.92. The third kappa shape index (κ3) is 2.32. The average Bonchev–Trinajstić information content (AvgIpc) is 2.58. The Morgan fingerprint density at radius 2 is 2.11 bits per heavy atom. The normalized spacial score (nSPS) is 18.6. The van der Waals surface area contributed by atoms with Gasteiger partial charge < -0.3 is 9.47 Å². The number of aromatic nitrogens is 2. The van der Waals surface area contributed by atoms with Crippen molar-refractivity contribution in [3.63, 3.8) is 0 Å². The summed E-state index contributed by atoms with van der Waals surface area (Å²) in [5.41, 5.74) is -1.82. The molecule has 0 radical (unpaired) electrons. The molecule has 0 N–H and O–H groups in total. The Labute approximate surface area is 100 Å². The van der Waals surface area contributed by atoms with Crippen molar-refractivity contribution in [3.8, 4) is 0 Å². The van der Waals surface area contributed by atoms with Crippen molar-refractivity contribution in [2.24, 2.45) is 7.05 Å². The molecular weight excluding hydrogens is 254 g/mol. The number of carbonyl (C=O) groups is 1. The number of nitrogens with zero attached hydrogens (tertiary/aromatic N) is 3. The summed E-state index contributed by atoms with van der Waals surface area (Å²) in [5.74, 6) is -1.55. The molecule has 1 aromatic rings. The van der Waals surface area contributed by atoms with Gasteiger partial charge in [0.2, 0.25) is 0 Å². The molecule has 1 amide bonds. The SMILES string of the molecule is Cn1ccnc1CC1(F)CN(C(=O)C(F)(F)F)C1. The van der Waals surface area contributed by atoms with Gasteiger partial charge in [0, 0.05) is 25.9 Å². The van der Waals surface area contributed by atoms with Crippen molar-refractivity contribution in [2.45, 2.75) is 18.3 Å². The van der Waals surface area contributed by atoms with E-state index in [0.29, 0.717) is 10.7 Å². The minimum atomic E-state index is -4.94. The number of hydrogen-bond donors (Lipinski definition) is 0. The molecule has 100 valence electrons. The molecule has 8 heteroatoms. The predicted molar refractivity (Wildman–Crippen MR) is 53.4 cm³/mol. The number of alkyl halides is 4. The third-order valence-electron chi connectivity index (χ3n) is 2.87. The number of amides is 1. The van der Waals surface area contributed by atoms with Gasteiger partial charge in [-0.25, -0.2) is 9.37 Å². The molecule has 1 aliphatic heterocycles. The maximum Gasteiger partial charge on any atom is 0.471 e. The van der Waals surface area contributed by atoms with Crippen LogP contribution in [0.5, 0.6) is 0 Å². The van der Waals surface area contributed by atoms with E-state index in [0.717, 1.165) is 0 Å². The molecule has 2 rings (SSSR count). The van der Waals surface area contributed by atoms with Crippen LogP contribution in [-0.2, 0) is 18.3 Å². The zero-order valence-electron chi connectivity index (χ0n) is 9.54. The van der Waals surface area contributed by atoms with Gasteiger partial charge in [-0.15, -0.1) is 0 Å². The zero-order chi connectivity index (χ0) is 13.6. The van der Waals surface area contributed by atoms with E-state index < -0.39 is 30.8 Å². The van der Waals surface area contributed by atoms with Gasteiger partial charge in [0.05, 0.1) is 13.1 Å². The lowest BCUT2D eigenvalue weighted by Gasteiger charge is -2.44. The summed E-state index contributed by atoms with van der Waals surface area (Å²) in [5, 5.41) is 0. The molecule has 0 aromatic carbocycles. The topological polar surface area (TPSA) is 38.1 Å². The van der Waals surface area contributed by atoms with Crippen molar-refractivity contribution < 1.29 is 22.4 Å².